The summed E-state index contributed by atoms with van der Waals surface area (Å²) in [6.07, 6.45) is 5.53. The number of halogens is 1. The van der Waals surface area contributed by atoms with Crippen molar-refractivity contribution in [3.63, 3.8) is 0 Å². The lowest BCUT2D eigenvalue weighted by Crippen LogP contribution is -2.45. The van der Waals surface area contributed by atoms with E-state index in [0.717, 1.165) is 65.4 Å². The topological polar surface area (TPSA) is 34.2 Å². The Bertz CT molecular complexity index is 429. The molecule has 0 radical (unpaired) electrons. The van der Waals surface area contributed by atoms with Gasteiger partial charge in [0.25, 0.3) is 0 Å². The van der Waals surface area contributed by atoms with Crippen LogP contribution in [-0.4, -0.2) is 93.9 Å². The summed E-state index contributed by atoms with van der Waals surface area (Å²) in [5.41, 5.74) is 0.0258. The van der Waals surface area contributed by atoms with Crippen molar-refractivity contribution in [1.82, 2.24) is 9.80 Å². The summed E-state index contributed by atoms with van der Waals surface area (Å²) in [6, 6.07) is 0.533. The number of likely N-dealkylation sites (tertiary alicyclic amines) is 2. The number of hydrogen-bond donors (Lipinski definition) is 0. The predicted molar refractivity (Wildman–Crippen MR) is 112 cm³/mol. The van der Waals surface area contributed by atoms with Gasteiger partial charge in [0.15, 0.2) is 0 Å². The third-order valence-corrected chi connectivity index (χ3v) is 6.47. The van der Waals surface area contributed by atoms with Crippen molar-refractivity contribution in [2.75, 3.05) is 66.4 Å². The maximum atomic E-state index is 12.7. The summed E-state index contributed by atoms with van der Waals surface area (Å²) in [4.78, 5) is 4.95. The molecule has 0 bridgehead atoms. The Morgan fingerprint density at radius 1 is 1.29 bits per heavy atom. The summed E-state index contributed by atoms with van der Waals surface area (Å²) in [6.45, 7) is 13.4. The molecule has 0 aliphatic carbocycles. The molecular formula is C22H43FN2O3. The van der Waals surface area contributed by atoms with Gasteiger partial charge >= 0.3 is 0 Å². The van der Waals surface area contributed by atoms with Crippen LogP contribution in [-0.2, 0) is 14.2 Å². The molecule has 2 aliphatic heterocycles. The average molecular weight is 403 g/mol. The molecule has 2 fully saturated rings. The zero-order valence-electron chi connectivity index (χ0n) is 18.6. The molecule has 0 aromatic heterocycles. The second-order valence-electron chi connectivity index (χ2n) is 8.90. The lowest BCUT2D eigenvalue weighted by molar-refractivity contribution is 0.0117. The van der Waals surface area contributed by atoms with Crippen LogP contribution < -0.4 is 0 Å². The first kappa shape index (κ1) is 24.0. The first-order chi connectivity index (χ1) is 13.5. The van der Waals surface area contributed by atoms with Crippen LogP contribution in [0.15, 0.2) is 0 Å². The Morgan fingerprint density at radius 3 is 2.82 bits per heavy atom. The van der Waals surface area contributed by atoms with Gasteiger partial charge in [-0.25, -0.2) is 0 Å². The monoisotopic (exact) mass is 402 g/mol. The Labute approximate surface area is 171 Å². The smallest absolute Gasteiger partial charge is 0.0906 e. The lowest BCUT2D eigenvalue weighted by atomic mass is 9.91. The highest BCUT2D eigenvalue weighted by atomic mass is 19.1. The van der Waals surface area contributed by atoms with E-state index in [9.17, 15) is 4.39 Å². The molecule has 6 heteroatoms. The maximum Gasteiger partial charge on any atom is 0.0906 e. The zero-order valence-corrected chi connectivity index (χ0v) is 18.6. The number of nitrogens with zero attached hydrogens (tertiary/aromatic N) is 2. The normalized spacial score (nSPS) is 30.3. The fraction of sp³-hybridized carbons (Fsp3) is 1.00. The standard InChI is InChI=1S/C22H43FN2O3/c1-5-27-18-22(3)15-20(16-25(22)11-7-9-23)14-19(2)28-17-21-8-6-10-24(21)12-13-26-4/h19-21H,5-18H2,1-4H3. The fourth-order valence-corrected chi connectivity index (χ4v) is 4.99. The molecule has 4 unspecified atom stereocenters. The van der Waals surface area contributed by atoms with Crippen LogP contribution in [0.2, 0.25) is 0 Å². The molecule has 0 saturated carbocycles. The molecular weight excluding hydrogens is 359 g/mol. The largest absolute Gasteiger partial charge is 0.383 e. The van der Waals surface area contributed by atoms with E-state index >= 15 is 0 Å². The Morgan fingerprint density at radius 2 is 2.11 bits per heavy atom. The van der Waals surface area contributed by atoms with E-state index < -0.39 is 0 Å². The van der Waals surface area contributed by atoms with Crippen LogP contribution in [0.3, 0.4) is 0 Å². The molecule has 2 saturated heterocycles. The highest BCUT2D eigenvalue weighted by Crippen LogP contribution is 2.36. The van der Waals surface area contributed by atoms with Gasteiger partial charge in [0, 0.05) is 44.9 Å². The predicted octanol–water partition coefficient (Wildman–Crippen LogP) is 3.37. The number of rotatable bonds is 14. The summed E-state index contributed by atoms with van der Waals surface area (Å²) in [5, 5.41) is 0. The zero-order chi connectivity index (χ0) is 20.4. The number of ether oxygens (including phenoxy) is 3. The van der Waals surface area contributed by atoms with Crippen molar-refractivity contribution in [2.45, 2.75) is 70.6 Å². The first-order valence-electron chi connectivity index (χ1n) is 11.3. The Balaban J connectivity index is 1.78. The van der Waals surface area contributed by atoms with Gasteiger partial charge in [0.1, 0.15) is 0 Å². The van der Waals surface area contributed by atoms with Crippen molar-refractivity contribution < 1.29 is 18.6 Å². The minimum Gasteiger partial charge on any atom is -0.383 e. The van der Waals surface area contributed by atoms with Gasteiger partial charge in [0.2, 0.25) is 0 Å². The second kappa shape index (κ2) is 12.4. The lowest BCUT2D eigenvalue weighted by Gasteiger charge is -2.34. The van der Waals surface area contributed by atoms with Crippen molar-refractivity contribution >= 4 is 0 Å². The molecule has 0 aromatic rings. The van der Waals surface area contributed by atoms with Crippen LogP contribution in [0.5, 0.6) is 0 Å². The minimum atomic E-state index is -0.244. The summed E-state index contributed by atoms with van der Waals surface area (Å²) >= 11 is 0. The molecule has 0 amide bonds. The van der Waals surface area contributed by atoms with Gasteiger partial charge in [-0.3, -0.25) is 14.2 Å². The molecule has 2 aliphatic rings. The first-order valence-corrected chi connectivity index (χ1v) is 11.3. The Kier molecular flexibility index (Phi) is 10.7. The van der Waals surface area contributed by atoms with Gasteiger partial charge in [-0.05, 0) is 65.3 Å². The summed E-state index contributed by atoms with van der Waals surface area (Å²) < 4.78 is 30.0. The maximum absolute atomic E-state index is 12.7. The van der Waals surface area contributed by atoms with E-state index in [0.29, 0.717) is 18.4 Å². The highest BCUT2D eigenvalue weighted by Gasteiger charge is 2.42. The van der Waals surface area contributed by atoms with Crippen molar-refractivity contribution in [2.24, 2.45) is 5.92 Å². The fourth-order valence-electron chi connectivity index (χ4n) is 4.99. The van der Waals surface area contributed by atoms with Crippen LogP contribution in [0.25, 0.3) is 0 Å². The van der Waals surface area contributed by atoms with E-state index in [4.69, 9.17) is 14.2 Å². The van der Waals surface area contributed by atoms with Gasteiger partial charge in [0.05, 0.1) is 32.6 Å². The third-order valence-electron chi connectivity index (χ3n) is 6.47. The number of methoxy groups -OCH3 is 1. The van der Waals surface area contributed by atoms with E-state index in [-0.39, 0.29) is 18.3 Å². The summed E-state index contributed by atoms with van der Waals surface area (Å²) in [7, 11) is 1.77. The number of alkyl halides is 1. The van der Waals surface area contributed by atoms with Crippen molar-refractivity contribution in [3.05, 3.63) is 0 Å². The average Bonchev–Trinajstić information content (AvgIpc) is 3.25. The Hall–Kier alpha value is -0.270. The van der Waals surface area contributed by atoms with Crippen LogP contribution >= 0.6 is 0 Å². The van der Waals surface area contributed by atoms with Crippen LogP contribution in [0.4, 0.5) is 4.39 Å². The molecule has 2 heterocycles. The van der Waals surface area contributed by atoms with Gasteiger partial charge < -0.3 is 14.2 Å². The molecule has 4 atom stereocenters. The van der Waals surface area contributed by atoms with Crippen molar-refractivity contribution in [1.29, 1.82) is 0 Å². The van der Waals surface area contributed by atoms with E-state index in [2.05, 4.69) is 23.6 Å². The molecule has 166 valence electrons. The quantitative estimate of drug-likeness (QED) is 0.445. The minimum absolute atomic E-state index is 0.0258. The number of hydrogen-bond acceptors (Lipinski definition) is 5. The molecule has 0 spiro atoms. The molecule has 28 heavy (non-hydrogen) atoms. The SMILES string of the molecule is CCOCC1(C)CC(CC(C)OCC2CCCN2CCOC)CN1CCCF. The van der Waals surface area contributed by atoms with Gasteiger partial charge in [-0.1, -0.05) is 0 Å². The summed E-state index contributed by atoms with van der Waals surface area (Å²) in [5.74, 6) is 0.591. The van der Waals surface area contributed by atoms with E-state index in [1.807, 2.05) is 6.92 Å². The van der Waals surface area contributed by atoms with Crippen LogP contribution in [0.1, 0.15) is 52.9 Å². The van der Waals surface area contributed by atoms with E-state index in [1.165, 1.54) is 12.8 Å². The van der Waals surface area contributed by atoms with Crippen molar-refractivity contribution in [3.8, 4) is 0 Å². The third kappa shape index (κ3) is 7.21. The molecule has 0 aromatic carbocycles. The molecule has 2 rings (SSSR count). The van der Waals surface area contributed by atoms with Crippen LogP contribution in [0, 0.1) is 5.92 Å². The van der Waals surface area contributed by atoms with Gasteiger partial charge in [-0.15, -0.1) is 0 Å². The second-order valence-corrected chi connectivity index (χ2v) is 8.90. The van der Waals surface area contributed by atoms with Gasteiger partial charge in [-0.2, -0.15) is 0 Å². The molecule has 0 N–H and O–H groups in total. The molecule has 5 nitrogen and oxygen atoms in total. The van der Waals surface area contributed by atoms with E-state index in [1.54, 1.807) is 7.11 Å². The highest BCUT2D eigenvalue weighted by molar-refractivity contribution is 4.96.